The second kappa shape index (κ2) is 10.0. The van der Waals surface area contributed by atoms with Crippen molar-refractivity contribution < 1.29 is 14.3 Å². The number of ether oxygens (including phenoxy) is 2. The predicted molar refractivity (Wildman–Crippen MR) is 107 cm³/mol. The number of aliphatic imine (C=N–C) groups is 1. The zero-order valence-corrected chi connectivity index (χ0v) is 16.8. The van der Waals surface area contributed by atoms with E-state index in [1.54, 1.807) is 7.05 Å². The fraction of sp³-hybridized carbons (Fsp3) is 0.600. The van der Waals surface area contributed by atoms with E-state index in [1.165, 1.54) is 0 Å². The molecule has 2 N–H and O–H groups in total. The molecule has 7 nitrogen and oxygen atoms in total. The van der Waals surface area contributed by atoms with Crippen molar-refractivity contribution in [3.63, 3.8) is 0 Å². The van der Waals surface area contributed by atoms with E-state index in [4.69, 9.17) is 9.47 Å². The van der Waals surface area contributed by atoms with Gasteiger partial charge in [-0.1, -0.05) is 18.2 Å². The number of hydrogen-bond acceptors (Lipinski definition) is 4. The number of carbonyl (C=O) groups excluding carboxylic acids is 1. The molecule has 1 aromatic carbocycles. The van der Waals surface area contributed by atoms with Crippen LogP contribution in [0, 0.1) is 0 Å². The number of amides is 1. The van der Waals surface area contributed by atoms with E-state index < -0.39 is 11.7 Å². The SMILES string of the molecule is CN=C(NCCNC(=O)OC(C)(C)C)N1CCC(Oc2ccccc2)CC1. The number of nitrogens with zero attached hydrogens (tertiary/aromatic N) is 2. The fourth-order valence-corrected chi connectivity index (χ4v) is 2.86. The van der Waals surface area contributed by atoms with Gasteiger partial charge in [0.2, 0.25) is 0 Å². The van der Waals surface area contributed by atoms with Crippen molar-refractivity contribution in [1.29, 1.82) is 0 Å². The highest BCUT2D eigenvalue weighted by Gasteiger charge is 2.22. The quantitative estimate of drug-likeness (QED) is 0.469. The Morgan fingerprint density at radius 3 is 2.37 bits per heavy atom. The molecule has 1 aromatic rings. The van der Waals surface area contributed by atoms with Crippen LogP contribution >= 0.6 is 0 Å². The topological polar surface area (TPSA) is 75.2 Å². The van der Waals surface area contributed by atoms with Crippen LogP contribution in [-0.4, -0.2) is 61.9 Å². The number of carbonyl (C=O) groups is 1. The van der Waals surface area contributed by atoms with Crippen LogP contribution in [0.1, 0.15) is 33.6 Å². The molecular weight excluding hydrogens is 344 g/mol. The van der Waals surface area contributed by atoms with Gasteiger partial charge >= 0.3 is 6.09 Å². The maximum Gasteiger partial charge on any atom is 0.407 e. The Morgan fingerprint density at radius 2 is 1.78 bits per heavy atom. The molecule has 2 rings (SSSR count). The maximum absolute atomic E-state index is 11.6. The first-order valence-corrected chi connectivity index (χ1v) is 9.51. The Morgan fingerprint density at radius 1 is 1.15 bits per heavy atom. The van der Waals surface area contributed by atoms with Crippen LogP contribution in [0.15, 0.2) is 35.3 Å². The number of piperidine rings is 1. The molecular formula is C20H32N4O3. The largest absolute Gasteiger partial charge is 0.490 e. The molecule has 0 spiro atoms. The highest BCUT2D eigenvalue weighted by molar-refractivity contribution is 5.80. The molecule has 0 aromatic heterocycles. The van der Waals surface area contributed by atoms with Gasteiger partial charge in [0.05, 0.1) is 0 Å². The molecule has 0 radical (unpaired) electrons. The lowest BCUT2D eigenvalue weighted by Gasteiger charge is -2.34. The van der Waals surface area contributed by atoms with Crippen molar-refractivity contribution in [2.75, 3.05) is 33.2 Å². The van der Waals surface area contributed by atoms with Crippen LogP contribution in [0.3, 0.4) is 0 Å². The first kappa shape index (κ1) is 20.9. The molecule has 1 saturated heterocycles. The summed E-state index contributed by atoms with van der Waals surface area (Å²) in [5, 5.41) is 6.03. The van der Waals surface area contributed by atoms with Gasteiger partial charge in [0, 0.05) is 46.1 Å². The third-order valence-electron chi connectivity index (χ3n) is 4.08. The molecule has 150 valence electrons. The fourth-order valence-electron chi connectivity index (χ4n) is 2.86. The van der Waals surface area contributed by atoms with Crippen molar-refractivity contribution >= 4 is 12.1 Å². The highest BCUT2D eigenvalue weighted by Crippen LogP contribution is 2.18. The summed E-state index contributed by atoms with van der Waals surface area (Å²) in [7, 11) is 1.77. The van der Waals surface area contributed by atoms with Crippen LogP contribution in [-0.2, 0) is 4.74 Å². The summed E-state index contributed by atoms with van der Waals surface area (Å²) >= 11 is 0. The lowest BCUT2D eigenvalue weighted by molar-refractivity contribution is 0.0528. The molecule has 7 heteroatoms. The Bertz CT molecular complexity index is 605. The summed E-state index contributed by atoms with van der Waals surface area (Å²) in [6.07, 6.45) is 1.73. The first-order valence-electron chi connectivity index (χ1n) is 9.51. The summed E-state index contributed by atoms with van der Waals surface area (Å²) in [5.41, 5.74) is -0.486. The van der Waals surface area contributed by atoms with Crippen LogP contribution in [0.4, 0.5) is 4.79 Å². The van der Waals surface area contributed by atoms with Crippen molar-refractivity contribution in [3.05, 3.63) is 30.3 Å². The van der Waals surface area contributed by atoms with E-state index in [2.05, 4.69) is 20.5 Å². The summed E-state index contributed by atoms with van der Waals surface area (Å²) in [5.74, 6) is 1.77. The maximum atomic E-state index is 11.6. The van der Waals surface area contributed by atoms with Crippen molar-refractivity contribution in [2.24, 2.45) is 4.99 Å². The van der Waals surface area contributed by atoms with E-state index in [-0.39, 0.29) is 6.10 Å². The highest BCUT2D eigenvalue weighted by atomic mass is 16.6. The monoisotopic (exact) mass is 376 g/mol. The molecule has 27 heavy (non-hydrogen) atoms. The lowest BCUT2D eigenvalue weighted by Crippen LogP contribution is -2.49. The van der Waals surface area contributed by atoms with Crippen molar-refractivity contribution in [3.8, 4) is 5.75 Å². The summed E-state index contributed by atoms with van der Waals surface area (Å²) in [6, 6.07) is 9.95. The van der Waals surface area contributed by atoms with E-state index in [0.717, 1.165) is 37.6 Å². The molecule has 1 heterocycles. The summed E-state index contributed by atoms with van der Waals surface area (Å²) in [4.78, 5) is 18.2. The number of alkyl carbamates (subject to hydrolysis) is 1. The molecule has 1 aliphatic rings. The minimum absolute atomic E-state index is 0.232. The van der Waals surface area contributed by atoms with Crippen LogP contribution < -0.4 is 15.4 Å². The molecule has 1 fully saturated rings. The van der Waals surface area contributed by atoms with Crippen LogP contribution in [0.25, 0.3) is 0 Å². The van der Waals surface area contributed by atoms with Gasteiger partial charge in [-0.15, -0.1) is 0 Å². The van der Waals surface area contributed by atoms with Crippen LogP contribution in [0.2, 0.25) is 0 Å². The number of benzene rings is 1. The van der Waals surface area contributed by atoms with Crippen LogP contribution in [0.5, 0.6) is 5.75 Å². The normalized spacial score (nSPS) is 16.0. The number of hydrogen-bond donors (Lipinski definition) is 2. The standard InChI is InChI=1S/C20H32N4O3/c1-20(2,3)27-19(25)23-13-12-22-18(21-4)24-14-10-17(11-15-24)26-16-8-6-5-7-9-16/h5-9,17H,10-15H2,1-4H3,(H,21,22)(H,23,25). The number of rotatable bonds is 5. The second-order valence-electron chi connectivity index (χ2n) is 7.52. The zero-order chi connectivity index (χ0) is 19.7. The summed E-state index contributed by atoms with van der Waals surface area (Å²) < 4.78 is 11.2. The van der Waals surface area contributed by atoms with E-state index in [9.17, 15) is 4.79 Å². The lowest BCUT2D eigenvalue weighted by atomic mass is 10.1. The number of guanidine groups is 1. The Balaban J connectivity index is 1.67. The molecule has 0 aliphatic carbocycles. The third-order valence-corrected chi connectivity index (χ3v) is 4.08. The Kier molecular flexibility index (Phi) is 7.76. The van der Waals surface area contributed by atoms with E-state index in [1.807, 2.05) is 51.1 Å². The Hall–Kier alpha value is -2.44. The number of nitrogens with one attached hydrogen (secondary N) is 2. The van der Waals surface area contributed by atoms with E-state index >= 15 is 0 Å². The first-order chi connectivity index (χ1) is 12.9. The average molecular weight is 377 g/mol. The zero-order valence-electron chi connectivity index (χ0n) is 16.8. The van der Waals surface area contributed by atoms with Crippen molar-refractivity contribution in [2.45, 2.75) is 45.3 Å². The average Bonchev–Trinajstić information content (AvgIpc) is 2.62. The Labute approximate surface area is 162 Å². The molecule has 0 bridgehead atoms. The molecule has 1 amide bonds. The molecule has 0 atom stereocenters. The van der Waals surface area contributed by atoms with Gasteiger partial charge in [-0.25, -0.2) is 4.79 Å². The van der Waals surface area contributed by atoms with Crippen molar-refractivity contribution in [1.82, 2.24) is 15.5 Å². The molecule has 0 unspecified atom stereocenters. The third kappa shape index (κ3) is 7.76. The van der Waals surface area contributed by atoms with Gasteiger partial charge in [-0.2, -0.15) is 0 Å². The van der Waals surface area contributed by atoms with E-state index in [0.29, 0.717) is 13.1 Å². The number of para-hydroxylation sites is 1. The number of likely N-dealkylation sites (tertiary alicyclic amines) is 1. The van der Waals surface area contributed by atoms with Gasteiger partial charge in [-0.3, -0.25) is 4.99 Å². The summed E-state index contributed by atoms with van der Waals surface area (Å²) in [6.45, 7) is 8.37. The molecule has 1 aliphatic heterocycles. The smallest absolute Gasteiger partial charge is 0.407 e. The van der Waals surface area contributed by atoms with Gasteiger partial charge < -0.3 is 25.0 Å². The second-order valence-corrected chi connectivity index (χ2v) is 7.52. The minimum atomic E-state index is -0.486. The predicted octanol–water partition coefficient (Wildman–Crippen LogP) is 2.63. The minimum Gasteiger partial charge on any atom is -0.490 e. The van der Waals surface area contributed by atoms with Gasteiger partial charge in [0.25, 0.3) is 0 Å². The molecule has 0 saturated carbocycles. The van der Waals surface area contributed by atoms with Gasteiger partial charge in [0.15, 0.2) is 5.96 Å². The van der Waals surface area contributed by atoms with Gasteiger partial charge in [-0.05, 0) is 32.9 Å². The van der Waals surface area contributed by atoms with Gasteiger partial charge in [0.1, 0.15) is 17.5 Å².